The molecule has 4 aromatic rings. The van der Waals surface area contributed by atoms with E-state index in [1.807, 2.05) is 29.5 Å². The molecule has 1 aliphatic heterocycles. The van der Waals surface area contributed by atoms with Crippen LogP contribution < -0.4 is 19.1 Å². The van der Waals surface area contributed by atoms with Gasteiger partial charge in [-0.05, 0) is 73.2 Å². The Hall–Kier alpha value is -3.32. The molecular formula is C29H33N3O3S. The predicted octanol–water partition coefficient (Wildman–Crippen LogP) is 6.55. The number of piperidine rings is 1. The van der Waals surface area contributed by atoms with Gasteiger partial charge in [0, 0.05) is 34.7 Å². The summed E-state index contributed by atoms with van der Waals surface area (Å²) >= 11 is 1.86. The van der Waals surface area contributed by atoms with E-state index in [9.17, 15) is 0 Å². The second-order valence-electron chi connectivity index (χ2n) is 9.02. The molecule has 2 aromatic carbocycles. The molecule has 0 N–H and O–H groups in total. The van der Waals surface area contributed by atoms with E-state index in [4.69, 9.17) is 24.2 Å². The molecule has 1 aliphatic rings. The number of ether oxygens (including phenoxy) is 3. The van der Waals surface area contributed by atoms with Crippen molar-refractivity contribution in [1.82, 2.24) is 9.97 Å². The summed E-state index contributed by atoms with van der Waals surface area (Å²) in [6, 6.07) is 17.3. The molecule has 0 radical (unpaired) electrons. The molecule has 7 heteroatoms. The minimum Gasteiger partial charge on any atom is -0.493 e. The minimum atomic E-state index is 0.431. The Morgan fingerprint density at radius 1 is 0.889 bits per heavy atom. The zero-order valence-electron chi connectivity index (χ0n) is 21.3. The fourth-order valence-corrected chi connectivity index (χ4v) is 5.62. The van der Waals surface area contributed by atoms with Gasteiger partial charge in [-0.1, -0.05) is 19.1 Å². The molecule has 0 atom stereocenters. The van der Waals surface area contributed by atoms with Crippen LogP contribution in [0.1, 0.15) is 36.6 Å². The van der Waals surface area contributed by atoms with Gasteiger partial charge in [-0.25, -0.2) is 0 Å². The number of fused-ring (bicyclic) bond motifs is 1. The molecule has 3 heterocycles. The Morgan fingerprint density at radius 2 is 1.72 bits per heavy atom. The quantitative estimate of drug-likeness (QED) is 0.258. The van der Waals surface area contributed by atoms with Gasteiger partial charge < -0.3 is 19.1 Å². The van der Waals surface area contributed by atoms with Gasteiger partial charge in [-0.2, -0.15) is 9.97 Å². The number of thiophene rings is 1. The number of nitrogens with zero attached hydrogens (tertiary/aromatic N) is 3. The number of rotatable bonds is 9. The van der Waals surface area contributed by atoms with Crippen LogP contribution in [0.2, 0.25) is 0 Å². The van der Waals surface area contributed by atoms with Crippen molar-refractivity contribution in [3.8, 4) is 28.0 Å². The second-order valence-corrected chi connectivity index (χ2v) is 10.2. The number of hydrogen-bond donors (Lipinski definition) is 0. The van der Waals surface area contributed by atoms with E-state index in [0.717, 1.165) is 59.7 Å². The van der Waals surface area contributed by atoms with Gasteiger partial charge in [0.2, 0.25) is 0 Å². The van der Waals surface area contributed by atoms with Crippen molar-refractivity contribution >= 4 is 28.1 Å². The summed E-state index contributed by atoms with van der Waals surface area (Å²) in [5, 5.41) is 1.09. The van der Waals surface area contributed by atoms with Gasteiger partial charge in [0.1, 0.15) is 5.82 Å². The summed E-state index contributed by atoms with van der Waals surface area (Å²) in [4.78, 5) is 14.8. The summed E-state index contributed by atoms with van der Waals surface area (Å²) in [6.07, 6.45) is 5.42. The maximum Gasteiger partial charge on any atom is 0.318 e. The van der Waals surface area contributed by atoms with Crippen molar-refractivity contribution in [3.05, 3.63) is 59.0 Å². The summed E-state index contributed by atoms with van der Waals surface area (Å²) in [6.45, 7) is 4.71. The third-order valence-electron chi connectivity index (χ3n) is 6.68. The van der Waals surface area contributed by atoms with Crippen LogP contribution in [0, 0.1) is 0 Å². The molecule has 0 amide bonds. The van der Waals surface area contributed by atoms with Crippen molar-refractivity contribution in [2.45, 2.75) is 39.0 Å². The van der Waals surface area contributed by atoms with E-state index in [0.29, 0.717) is 12.6 Å². The highest BCUT2D eigenvalue weighted by Gasteiger charge is 2.19. The number of anilines is 1. The predicted molar refractivity (Wildman–Crippen MR) is 147 cm³/mol. The first-order valence-corrected chi connectivity index (χ1v) is 13.5. The van der Waals surface area contributed by atoms with Gasteiger partial charge in [-0.3, -0.25) is 0 Å². The Kier molecular flexibility index (Phi) is 7.56. The van der Waals surface area contributed by atoms with Gasteiger partial charge in [0.15, 0.2) is 11.5 Å². The van der Waals surface area contributed by atoms with Crippen LogP contribution in [-0.4, -0.2) is 43.9 Å². The van der Waals surface area contributed by atoms with Crippen LogP contribution in [0.5, 0.6) is 17.5 Å². The van der Waals surface area contributed by atoms with Crippen molar-refractivity contribution in [2.75, 3.05) is 38.8 Å². The molecule has 0 spiro atoms. The molecule has 0 aliphatic carbocycles. The molecule has 188 valence electrons. The lowest BCUT2D eigenvalue weighted by Gasteiger charge is -2.29. The largest absolute Gasteiger partial charge is 0.493 e. The number of hydrogen-bond acceptors (Lipinski definition) is 7. The Bertz CT molecular complexity index is 1330. The summed E-state index contributed by atoms with van der Waals surface area (Å²) in [7, 11) is 3.29. The molecule has 2 aromatic heterocycles. The van der Waals surface area contributed by atoms with Crippen molar-refractivity contribution in [2.24, 2.45) is 0 Å². The molecule has 6 nitrogen and oxygen atoms in total. The van der Waals surface area contributed by atoms with Crippen LogP contribution >= 0.6 is 11.3 Å². The molecule has 0 bridgehead atoms. The Morgan fingerprint density at radius 3 is 2.47 bits per heavy atom. The van der Waals surface area contributed by atoms with E-state index in [2.05, 4.69) is 42.2 Å². The van der Waals surface area contributed by atoms with E-state index >= 15 is 0 Å². The SMILES string of the molecule is CCc1ccc(-c2ccc3nc(OCCc4ccc(OC)c(OC)c4)nc(N4CCCCC4)c3c2)s1. The smallest absolute Gasteiger partial charge is 0.318 e. The first-order valence-electron chi connectivity index (χ1n) is 12.7. The molecule has 0 unspecified atom stereocenters. The van der Waals surface area contributed by atoms with Crippen LogP contribution in [0.25, 0.3) is 21.3 Å². The highest BCUT2D eigenvalue weighted by atomic mass is 32.1. The fourth-order valence-electron chi connectivity index (χ4n) is 4.68. The highest BCUT2D eigenvalue weighted by molar-refractivity contribution is 7.15. The zero-order chi connectivity index (χ0) is 24.9. The first kappa shape index (κ1) is 24.4. The number of methoxy groups -OCH3 is 2. The topological polar surface area (TPSA) is 56.7 Å². The third-order valence-corrected chi connectivity index (χ3v) is 7.95. The molecule has 1 fully saturated rings. The monoisotopic (exact) mass is 503 g/mol. The number of aryl methyl sites for hydroxylation is 1. The second kappa shape index (κ2) is 11.2. The van der Waals surface area contributed by atoms with Crippen LogP contribution in [0.4, 0.5) is 5.82 Å². The van der Waals surface area contributed by atoms with E-state index < -0.39 is 0 Å². The van der Waals surface area contributed by atoms with Gasteiger partial charge in [0.25, 0.3) is 0 Å². The van der Waals surface area contributed by atoms with E-state index in [1.54, 1.807) is 14.2 Å². The lowest BCUT2D eigenvalue weighted by molar-refractivity contribution is 0.297. The number of aromatic nitrogens is 2. The number of benzene rings is 2. The standard InChI is InChI=1S/C29H33N3O3S/c1-4-22-10-13-27(36-22)21-9-11-24-23(19-21)28(32-15-6-5-7-16-32)31-29(30-24)35-17-14-20-8-12-25(33-2)26(18-20)34-3/h8-13,18-19H,4-7,14-17H2,1-3H3. The summed E-state index contributed by atoms with van der Waals surface area (Å²) < 4.78 is 16.9. The van der Waals surface area contributed by atoms with E-state index in [1.165, 1.54) is 34.6 Å². The Labute approximate surface area is 216 Å². The van der Waals surface area contributed by atoms with Gasteiger partial charge in [0.05, 0.1) is 26.3 Å². The van der Waals surface area contributed by atoms with Gasteiger partial charge in [-0.15, -0.1) is 11.3 Å². The van der Waals surface area contributed by atoms with Crippen molar-refractivity contribution in [1.29, 1.82) is 0 Å². The highest BCUT2D eigenvalue weighted by Crippen LogP contribution is 2.35. The van der Waals surface area contributed by atoms with E-state index in [-0.39, 0.29) is 0 Å². The molecule has 1 saturated heterocycles. The fraction of sp³-hybridized carbons (Fsp3) is 0.379. The Balaban J connectivity index is 1.41. The third kappa shape index (κ3) is 5.26. The first-order chi connectivity index (χ1) is 17.7. The van der Waals surface area contributed by atoms with Crippen LogP contribution in [0.15, 0.2) is 48.5 Å². The zero-order valence-corrected chi connectivity index (χ0v) is 22.1. The summed E-state index contributed by atoms with van der Waals surface area (Å²) in [5.74, 6) is 2.42. The lowest BCUT2D eigenvalue weighted by Crippen LogP contribution is -2.30. The normalized spacial score (nSPS) is 13.7. The molecule has 0 saturated carbocycles. The van der Waals surface area contributed by atoms with Gasteiger partial charge >= 0.3 is 6.01 Å². The van der Waals surface area contributed by atoms with Crippen LogP contribution in [0.3, 0.4) is 0 Å². The summed E-state index contributed by atoms with van der Waals surface area (Å²) in [5.41, 5.74) is 3.25. The maximum absolute atomic E-state index is 6.09. The van der Waals surface area contributed by atoms with Crippen molar-refractivity contribution < 1.29 is 14.2 Å². The molecule has 5 rings (SSSR count). The van der Waals surface area contributed by atoms with Crippen LogP contribution in [-0.2, 0) is 12.8 Å². The molecular weight excluding hydrogens is 470 g/mol. The lowest BCUT2D eigenvalue weighted by atomic mass is 10.1. The van der Waals surface area contributed by atoms with Crippen molar-refractivity contribution in [3.63, 3.8) is 0 Å². The minimum absolute atomic E-state index is 0.431. The maximum atomic E-state index is 6.09. The molecule has 36 heavy (non-hydrogen) atoms. The average molecular weight is 504 g/mol. The average Bonchev–Trinajstić information content (AvgIpc) is 3.42.